The third kappa shape index (κ3) is 3.71. The Balaban J connectivity index is 2.66. The minimum absolute atomic E-state index is 0.477. The SMILES string of the molecule is CCCC(C)N(C)CC1(C(=O)O)CCC(C)CC1. The summed E-state index contributed by atoms with van der Waals surface area (Å²) in [6.45, 7) is 7.31. The largest absolute Gasteiger partial charge is 0.481 e. The van der Waals surface area contributed by atoms with E-state index >= 15 is 0 Å². The maximum absolute atomic E-state index is 11.7. The van der Waals surface area contributed by atoms with Crippen LogP contribution in [0.25, 0.3) is 0 Å². The standard InChI is InChI=1S/C15H29NO2/c1-5-6-13(3)16(4)11-15(14(17)18)9-7-12(2)8-10-15/h12-13H,5-11H2,1-4H3,(H,17,18). The van der Waals surface area contributed by atoms with E-state index in [4.69, 9.17) is 0 Å². The molecule has 1 unspecified atom stereocenters. The van der Waals surface area contributed by atoms with E-state index < -0.39 is 11.4 Å². The van der Waals surface area contributed by atoms with E-state index in [0.717, 1.165) is 38.5 Å². The van der Waals surface area contributed by atoms with Gasteiger partial charge < -0.3 is 10.0 Å². The second-order valence-electron chi connectivity index (χ2n) is 6.32. The Bertz CT molecular complexity index is 270. The van der Waals surface area contributed by atoms with Crippen LogP contribution in [0.3, 0.4) is 0 Å². The lowest BCUT2D eigenvalue weighted by Crippen LogP contribution is -2.46. The van der Waals surface area contributed by atoms with Crippen molar-refractivity contribution in [3.63, 3.8) is 0 Å². The first-order valence-electron chi connectivity index (χ1n) is 7.35. The zero-order valence-corrected chi connectivity index (χ0v) is 12.4. The monoisotopic (exact) mass is 255 g/mol. The quantitative estimate of drug-likeness (QED) is 0.791. The van der Waals surface area contributed by atoms with Crippen molar-refractivity contribution in [2.45, 2.75) is 65.3 Å². The molecule has 0 saturated heterocycles. The van der Waals surface area contributed by atoms with E-state index in [9.17, 15) is 9.90 Å². The van der Waals surface area contributed by atoms with E-state index in [0.29, 0.717) is 18.5 Å². The van der Waals surface area contributed by atoms with Crippen LogP contribution in [0.15, 0.2) is 0 Å². The molecule has 1 fully saturated rings. The molecule has 1 aliphatic carbocycles. The number of carbonyl (C=O) groups is 1. The van der Waals surface area contributed by atoms with Gasteiger partial charge in [-0.3, -0.25) is 4.79 Å². The lowest BCUT2D eigenvalue weighted by molar-refractivity contribution is -0.153. The van der Waals surface area contributed by atoms with E-state index in [1.165, 1.54) is 0 Å². The summed E-state index contributed by atoms with van der Waals surface area (Å²) in [5.74, 6) is 0.0980. The first-order chi connectivity index (χ1) is 8.41. The molecule has 0 amide bonds. The average Bonchev–Trinajstić information content (AvgIpc) is 2.32. The molecule has 3 nitrogen and oxygen atoms in total. The van der Waals surface area contributed by atoms with Crippen molar-refractivity contribution in [2.24, 2.45) is 11.3 Å². The highest BCUT2D eigenvalue weighted by Gasteiger charge is 2.42. The Morgan fingerprint density at radius 3 is 2.44 bits per heavy atom. The van der Waals surface area contributed by atoms with Crippen molar-refractivity contribution in [1.82, 2.24) is 4.90 Å². The van der Waals surface area contributed by atoms with E-state index in [1.54, 1.807) is 0 Å². The fourth-order valence-electron chi connectivity index (χ4n) is 3.03. The second-order valence-corrected chi connectivity index (χ2v) is 6.32. The molecule has 0 spiro atoms. The molecule has 0 aromatic rings. The summed E-state index contributed by atoms with van der Waals surface area (Å²) in [6, 6.07) is 0.477. The maximum Gasteiger partial charge on any atom is 0.310 e. The summed E-state index contributed by atoms with van der Waals surface area (Å²) in [6.07, 6.45) is 6.09. The average molecular weight is 255 g/mol. The van der Waals surface area contributed by atoms with Crippen LogP contribution in [0, 0.1) is 11.3 Å². The van der Waals surface area contributed by atoms with Crippen LogP contribution in [0.2, 0.25) is 0 Å². The van der Waals surface area contributed by atoms with Crippen molar-refractivity contribution >= 4 is 5.97 Å². The van der Waals surface area contributed by atoms with Gasteiger partial charge in [0.2, 0.25) is 0 Å². The molecule has 1 atom stereocenters. The summed E-state index contributed by atoms with van der Waals surface area (Å²) in [5.41, 5.74) is -0.497. The molecule has 0 bridgehead atoms. The highest BCUT2D eigenvalue weighted by atomic mass is 16.4. The summed E-state index contributed by atoms with van der Waals surface area (Å²) in [7, 11) is 2.07. The highest BCUT2D eigenvalue weighted by molar-refractivity contribution is 5.75. The molecule has 0 radical (unpaired) electrons. The predicted octanol–water partition coefficient (Wildman–Crippen LogP) is 3.39. The molecule has 1 saturated carbocycles. The molecule has 0 aromatic heterocycles. The Morgan fingerprint density at radius 2 is 2.00 bits per heavy atom. The zero-order valence-electron chi connectivity index (χ0n) is 12.4. The zero-order chi connectivity index (χ0) is 13.8. The number of hydrogen-bond donors (Lipinski definition) is 1. The van der Waals surface area contributed by atoms with Gasteiger partial charge in [-0.15, -0.1) is 0 Å². The molecule has 0 aromatic carbocycles. The van der Waals surface area contributed by atoms with Crippen molar-refractivity contribution in [1.29, 1.82) is 0 Å². The first-order valence-corrected chi connectivity index (χ1v) is 7.35. The number of carboxylic acid groups (broad SMARTS) is 1. The fourth-order valence-corrected chi connectivity index (χ4v) is 3.03. The third-order valence-corrected chi connectivity index (χ3v) is 4.70. The maximum atomic E-state index is 11.7. The normalized spacial score (nSPS) is 30.4. The van der Waals surface area contributed by atoms with Crippen LogP contribution < -0.4 is 0 Å². The second kappa shape index (κ2) is 6.55. The van der Waals surface area contributed by atoms with Crippen molar-refractivity contribution in [2.75, 3.05) is 13.6 Å². The van der Waals surface area contributed by atoms with Gasteiger partial charge in [-0.1, -0.05) is 20.3 Å². The highest BCUT2D eigenvalue weighted by Crippen LogP contribution is 2.40. The molecule has 1 aliphatic rings. The Kier molecular flexibility index (Phi) is 5.64. The lowest BCUT2D eigenvalue weighted by atomic mass is 9.70. The Labute approximate surface area is 112 Å². The van der Waals surface area contributed by atoms with Gasteiger partial charge in [-0.25, -0.2) is 0 Å². The minimum atomic E-state index is -0.593. The summed E-state index contributed by atoms with van der Waals surface area (Å²) in [5, 5.41) is 9.61. The fraction of sp³-hybridized carbons (Fsp3) is 0.933. The molecule has 106 valence electrons. The number of carboxylic acids is 1. The van der Waals surface area contributed by atoms with Crippen molar-refractivity contribution < 1.29 is 9.90 Å². The van der Waals surface area contributed by atoms with Crippen LogP contribution in [0.5, 0.6) is 0 Å². The summed E-state index contributed by atoms with van der Waals surface area (Å²) < 4.78 is 0. The van der Waals surface area contributed by atoms with Gasteiger partial charge in [-0.05, 0) is 52.0 Å². The van der Waals surface area contributed by atoms with E-state index in [1.807, 2.05) is 0 Å². The Hall–Kier alpha value is -0.570. The van der Waals surface area contributed by atoms with Gasteiger partial charge in [0.05, 0.1) is 5.41 Å². The molecule has 0 heterocycles. The van der Waals surface area contributed by atoms with Gasteiger partial charge in [0.1, 0.15) is 0 Å². The van der Waals surface area contributed by atoms with Crippen LogP contribution >= 0.6 is 0 Å². The van der Waals surface area contributed by atoms with E-state index in [-0.39, 0.29) is 0 Å². The van der Waals surface area contributed by atoms with Gasteiger partial charge in [-0.2, -0.15) is 0 Å². The minimum Gasteiger partial charge on any atom is -0.481 e. The molecule has 1 N–H and O–H groups in total. The topological polar surface area (TPSA) is 40.5 Å². The van der Waals surface area contributed by atoms with Crippen molar-refractivity contribution in [3.8, 4) is 0 Å². The molecular formula is C15H29NO2. The number of hydrogen-bond acceptors (Lipinski definition) is 2. The van der Waals surface area contributed by atoms with Crippen molar-refractivity contribution in [3.05, 3.63) is 0 Å². The van der Waals surface area contributed by atoms with Gasteiger partial charge in [0.25, 0.3) is 0 Å². The molecule has 1 rings (SSSR count). The Morgan fingerprint density at radius 1 is 1.44 bits per heavy atom. The van der Waals surface area contributed by atoms with Gasteiger partial charge in [0.15, 0.2) is 0 Å². The van der Waals surface area contributed by atoms with Crippen LogP contribution in [-0.2, 0) is 4.79 Å². The first kappa shape index (κ1) is 15.5. The van der Waals surface area contributed by atoms with Gasteiger partial charge in [0, 0.05) is 12.6 Å². The van der Waals surface area contributed by atoms with Crippen LogP contribution in [-0.4, -0.2) is 35.6 Å². The number of nitrogens with zero attached hydrogens (tertiary/aromatic N) is 1. The molecular weight excluding hydrogens is 226 g/mol. The summed E-state index contributed by atoms with van der Waals surface area (Å²) in [4.78, 5) is 13.9. The lowest BCUT2D eigenvalue weighted by Gasteiger charge is -2.40. The number of rotatable bonds is 6. The van der Waals surface area contributed by atoms with E-state index in [2.05, 4.69) is 32.7 Å². The number of aliphatic carboxylic acids is 1. The van der Waals surface area contributed by atoms with Gasteiger partial charge >= 0.3 is 5.97 Å². The summed E-state index contributed by atoms with van der Waals surface area (Å²) >= 11 is 0. The van der Waals surface area contributed by atoms with Crippen LogP contribution in [0.4, 0.5) is 0 Å². The molecule has 3 heteroatoms. The molecule has 0 aliphatic heterocycles. The van der Waals surface area contributed by atoms with Crippen LogP contribution in [0.1, 0.15) is 59.3 Å². The smallest absolute Gasteiger partial charge is 0.310 e. The predicted molar refractivity (Wildman–Crippen MR) is 74.7 cm³/mol. The third-order valence-electron chi connectivity index (χ3n) is 4.70. The molecule has 18 heavy (non-hydrogen) atoms.